The summed E-state index contributed by atoms with van der Waals surface area (Å²) in [4.78, 5) is 0. The number of hydrogen-bond donors (Lipinski definition) is 1. The van der Waals surface area contributed by atoms with Gasteiger partial charge in [-0.2, -0.15) is 0 Å². The van der Waals surface area contributed by atoms with Crippen LogP contribution < -0.4 is 5.73 Å². The quantitative estimate of drug-likeness (QED) is 0.806. The van der Waals surface area contributed by atoms with Crippen molar-refractivity contribution in [3.63, 3.8) is 0 Å². The van der Waals surface area contributed by atoms with Crippen LogP contribution in [0.15, 0.2) is 24.3 Å². The van der Waals surface area contributed by atoms with Gasteiger partial charge in [0.1, 0.15) is 0 Å². The molecule has 0 radical (unpaired) electrons. The van der Waals surface area contributed by atoms with Gasteiger partial charge in [-0.25, -0.2) is 0 Å². The molecule has 0 aliphatic carbocycles. The van der Waals surface area contributed by atoms with Gasteiger partial charge in [-0.15, -0.1) is 0 Å². The van der Waals surface area contributed by atoms with E-state index in [1.54, 1.807) is 0 Å². The third-order valence-electron chi connectivity index (χ3n) is 3.07. The smallest absolute Gasteiger partial charge is 0.00407 e. The molecule has 0 spiro atoms. The van der Waals surface area contributed by atoms with Crippen LogP contribution in [0.1, 0.15) is 31.9 Å². The normalized spacial score (nSPS) is 13.9. The van der Waals surface area contributed by atoms with Crippen LogP contribution in [0.4, 0.5) is 0 Å². The Morgan fingerprint density at radius 3 is 2.40 bits per heavy atom. The first-order chi connectivity index (χ1) is 6.93. The van der Waals surface area contributed by atoms with E-state index >= 15 is 0 Å². The first-order valence-electron chi connectivity index (χ1n) is 5.69. The molecule has 1 aromatic carbocycles. The lowest BCUT2D eigenvalue weighted by molar-refractivity contribution is 0.246. The Balaban J connectivity index is 2.76. The maximum absolute atomic E-state index is 5.84. The third-order valence-corrected chi connectivity index (χ3v) is 3.07. The Labute approximate surface area is 93.7 Å². The van der Waals surface area contributed by atoms with E-state index < -0.39 is 0 Å². The molecule has 0 fully saturated rings. The highest BCUT2D eigenvalue weighted by molar-refractivity contribution is 5.22. The van der Waals surface area contributed by atoms with E-state index in [9.17, 15) is 0 Å². The highest BCUT2D eigenvalue weighted by Gasteiger charge is 2.23. The topological polar surface area (TPSA) is 26.0 Å². The largest absolute Gasteiger partial charge is 0.330 e. The molecule has 0 heterocycles. The molecule has 2 N–H and O–H groups in total. The molecule has 1 unspecified atom stereocenters. The van der Waals surface area contributed by atoms with Crippen LogP contribution in [0.25, 0.3) is 0 Å². The molecule has 15 heavy (non-hydrogen) atoms. The average molecular weight is 205 g/mol. The Hall–Kier alpha value is -0.820. The van der Waals surface area contributed by atoms with Gasteiger partial charge in [-0.3, -0.25) is 0 Å². The summed E-state index contributed by atoms with van der Waals surface area (Å²) in [7, 11) is 0. The lowest BCUT2D eigenvalue weighted by Crippen LogP contribution is -2.29. The molecule has 1 heteroatoms. The maximum atomic E-state index is 5.84. The minimum Gasteiger partial charge on any atom is -0.330 e. The maximum Gasteiger partial charge on any atom is -0.00407 e. The fraction of sp³-hybridized carbons (Fsp3) is 0.571. The van der Waals surface area contributed by atoms with E-state index in [4.69, 9.17) is 5.73 Å². The molecule has 0 saturated heterocycles. The van der Waals surface area contributed by atoms with E-state index in [1.165, 1.54) is 11.1 Å². The van der Waals surface area contributed by atoms with Crippen molar-refractivity contribution in [3.05, 3.63) is 35.4 Å². The van der Waals surface area contributed by atoms with Gasteiger partial charge >= 0.3 is 0 Å². The van der Waals surface area contributed by atoms with Gasteiger partial charge in [-0.05, 0) is 36.8 Å². The van der Waals surface area contributed by atoms with Crippen molar-refractivity contribution < 1.29 is 0 Å². The van der Waals surface area contributed by atoms with Gasteiger partial charge < -0.3 is 5.73 Å². The van der Waals surface area contributed by atoms with Crippen LogP contribution in [0.5, 0.6) is 0 Å². The summed E-state index contributed by atoms with van der Waals surface area (Å²) >= 11 is 0. The summed E-state index contributed by atoms with van der Waals surface area (Å²) in [6, 6.07) is 8.72. The zero-order valence-corrected chi connectivity index (χ0v) is 10.4. The van der Waals surface area contributed by atoms with E-state index in [2.05, 4.69) is 52.0 Å². The highest BCUT2D eigenvalue weighted by Crippen LogP contribution is 2.28. The number of hydrogen-bond acceptors (Lipinski definition) is 1. The summed E-state index contributed by atoms with van der Waals surface area (Å²) in [5.41, 5.74) is 8.87. The Bertz CT molecular complexity index is 309. The Morgan fingerprint density at radius 1 is 1.27 bits per heavy atom. The second kappa shape index (κ2) is 4.80. The van der Waals surface area contributed by atoms with E-state index in [0.717, 1.165) is 13.0 Å². The molecule has 0 aromatic heterocycles. The molecule has 1 rings (SSSR count). The zero-order chi connectivity index (χ0) is 11.5. The standard InChI is InChI=1S/C14H23N/c1-11-6-5-7-12(8-11)9-13(10-15)14(2,3)4/h5-8,13H,9-10,15H2,1-4H3. The Kier molecular flexibility index (Phi) is 3.92. The minimum atomic E-state index is 0.290. The van der Waals surface area contributed by atoms with Crippen molar-refractivity contribution in [2.24, 2.45) is 17.1 Å². The average Bonchev–Trinajstić information content (AvgIpc) is 2.12. The molecule has 1 aromatic rings. The van der Waals surface area contributed by atoms with Crippen molar-refractivity contribution in [2.75, 3.05) is 6.54 Å². The van der Waals surface area contributed by atoms with Gasteiger partial charge in [-0.1, -0.05) is 50.6 Å². The van der Waals surface area contributed by atoms with Crippen LogP contribution in [0.2, 0.25) is 0 Å². The van der Waals surface area contributed by atoms with Crippen LogP contribution in [-0.4, -0.2) is 6.54 Å². The molecule has 0 bridgehead atoms. The monoisotopic (exact) mass is 205 g/mol. The second-order valence-electron chi connectivity index (χ2n) is 5.49. The molecule has 0 saturated carbocycles. The summed E-state index contributed by atoms with van der Waals surface area (Å²) in [5, 5.41) is 0. The number of rotatable bonds is 3. The lowest BCUT2D eigenvalue weighted by atomic mass is 9.77. The van der Waals surface area contributed by atoms with Crippen LogP contribution in [0, 0.1) is 18.3 Å². The van der Waals surface area contributed by atoms with Crippen molar-refractivity contribution in [3.8, 4) is 0 Å². The predicted molar refractivity (Wildman–Crippen MR) is 66.9 cm³/mol. The Morgan fingerprint density at radius 2 is 1.93 bits per heavy atom. The highest BCUT2D eigenvalue weighted by atomic mass is 14.6. The van der Waals surface area contributed by atoms with Crippen molar-refractivity contribution >= 4 is 0 Å². The molecular weight excluding hydrogens is 182 g/mol. The number of benzene rings is 1. The van der Waals surface area contributed by atoms with Crippen LogP contribution in [0.3, 0.4) is 0 Å². The molecule has 0 aliphatic heterocycles. The summed E-state index contributed by atoms with van der Waals surface area (Å²) < 4.78 is 0. The zero-order valence-electron chi connectivity index (χ0n) is 10.4. The molecule has 1 nitrogen and oxygen atoms in total. The molecule has 0 amide bonds. The van der Waals surface area contributed by atoms with Gasteiger partial charge in [0.15, 0.2) is 0 Å². The molecular formula is C14H23N. The van der Waals surface area contributed by atoms with E-state index in [-0.39, 0.29) is 0 Å². The van der Waals surface area contributed by atoms with Crippen molar-refractivity contribution in [1.82, 2.24) is 0 Å². The fourth-order valence-corrected chi connectivity index (χ4v) is 1.87. The number of aryl methyl sites for hydroxylation is 1. The SMILES string of the molecule is Cc1cccc(CC(CN)C(C)(C)C)c1. The van der Waals surface area contributed by atoms with Crippen molar-refractivity contribution in [2.45, 2.75) is 34.1 Å². The molecule has 84 valence electrons. The van der Waals surface area contributed by atoms with Crippen molar-refractivity contribution in [1.29, 1.82) is 0 Å². The fourth-order valence-electron chi connectivity index (χ4n) is 1.87. The number of nitrogens with two attached hydrogens (primary N) is 1. The van der Waals surface area contributed by atoms with E-state index in [1.807, 2.05) is 0 Å². The van der Waals surface area contributed by atoms with Gasteiger partial charge in [0, 0.05) is 0 Å². The van der Waals surface area contributed by atoms with Gasteiger partial charge in [0.25, 0.3) is 0 Å². The first-order valence-corrected chi connectivity index (χ1v) is 5.69. The lowest BCUT2D eigenvalue weighted by Gasteiger charge is -2.29. The molecule has 1 atom stereocenters. The third kappa shape index (κ3) is 3.67. The molecule has 0 aliphatic rings. The van der Waals surface area contributed by atoms with Crippen LogP contribution >= 0.6 is 0 Å². The summed E-state index contributed by atoms with van der Waals surface area (Å²) in [6.07, 6.45) is 1.08. The minimum absolute atomic E-state index is 0.290. The van der Waals surface area contributed by atoms with E-state index in [0.29, 0.717) is 11.3 Å². The van der Waals surface area contributed by atoms with Gasteiger partial charge in [0.2, 0.25) is 0 Å². The summed E-state index contributed by atoms with van der Waals surface area (Å²) in [6.45, 7) is 9.69. The van der Waals surface area contributed by atoms with Crippen LogP contribution in [-0.2, 0) is 6.42 Å². The first kappa shape index (κ1) is 12.3. The predicted octanol–water partition coefficient (Wildman–Crippen LogP) is 3.16. The second-order valence-corrected chi connectivity index (χ2v) is 5.49. The summed E-state index contributed by atoms with van der Waals surface area (Å²) in [5.74, 6) is 0.555. The van der Waals surface area contributed by atoms with Gasteiger partial charge in [0.05, 0.1) is 0 Å².